The van der Waals surface area contributed by atoms with Crippen LogP contribution in [0.1, 0.15) is 39.5 Å². The van der Waals surface area contributed by atoms with Crippen LogP contribution >= 0.6 is 0 Å². The van der Waals surface area contributed by atoms with Crippen LogP contribution in [0, 0.1) is 0 Å². The molecule has 3 rings (SSSR count). The van der Waals surface area contributed by atoms with Crippen molar-refractivity contribution in [2.45, 2.75) is 51.8 Å². The molecule has 2 aromatic heterocycles. The average Bonchev–Trinajstić information content (AvgIpc) is 3.30. The number of nitrogens with zero attached hydrogens (tertiary/aromatic N) is 5. The topological polar surface area (TPSA) is 115 Å². The summed E-state index contributed by atoms with van der Waals surface area (Å²) in [5.74, 6) is 0.423. The van der Waals surface area contributed by atoms with Gasteiger partial charge >= 0.3 is 6.09 Å². The lowest BCUT2D eigenvalue weighted by Crippen LogP contribution is -2.47. The Hall–Kier alpha value is -2.91. The van der Waals surface area contributed by atoms with Gasteiger partial charge in [-0.25, -0.2) is 4.79 Å². The van der Waals surface area contributed by atoms with Crippen molar-refractivity contribution < 1.29 is 18.8 Å². The Morgan fingerprint density at radius 1 is 1.41 bits per heavy atom. The van der Waals surface area contributed by atoms with Gasteiger partial charge in [0.05, 0.1) is 18.3 Å². The van der Waals surface area contributed by atoms with Gasteiger partial charge in [-0.3, -0.25) is 14.4 Å². The molecule has 0 aliphatic carbocycles. The van der Waals surface area contributed by atoms with E-state index in [9.17, 15) is 9.59 Å². The smallest absolute Gasteiger partial charge is 0.410 e. The summed E-state index contributed by atoms with van der Waals surface area (Å²) < 4.78 is 12.2. The molecule has 1 aliphatic rings. The summed E-state index contributed by atoms with van der Waals surface area (Å²) in [6.07, 6.45) is 4.27. The first-order chi connectivity index (χ1) is 12.7. The van der Waals surface area contributed by atoms with Crippen LogP contribution in [0.15, 0.2) is 16.9 Å². The number of ether oxygens (including phenoxy) is 1. The lowest BCUT2D eigenvalue weighted by atomic mass is 10.2. The Balaban J connectivity index is 1.57. The van der Waals surface area contributed by atoms with Gasteiger partial charge in [0, 0.05) is 19.8 Å². The minimum atomic E-state index is -0.604. The van der Waals surface area contributed by atoms with E-state index in [0.717, 1.165) is 12.0 Å². The van der Waals surface area contributed by atoms with Crippen LogP contribution in [0.2, 0.25) is 0 Å². The minimum Gasteiger partial charge on any atom is -0.444 e. The summed E-state index contributed by atoms with van der Waals surface area (Å²) in [4.78, 5) is 30.5. The third kappa shape index (κ3) is 4.63. The van der Waals surface area contributed by atoms with Crippen LogP contribution in [-0.4, -0.2) is 55.0 Å². The van der Waals surface area contributed by atoms with Gasteiger partial charge in [0.15, 0.2) is 0 Å². The molecule has 0 spiro atoms. The number of carbonyl (C=O) groups is 2. The zero-order valence-electron chi connectivity index (χ0n) is 15.9. The standard InChI is InChI=1S/C17H24N6O4/c1-17(2,3)26-16(25)23-7-5-6-12(23)15(24)18-9-13-20-14(21-27-13)11-8-19-22(4)10-11/h8,10,12H,5-7,9H2,1-4H3,(H,18,24)/t12-/m1/s1. The maximum atomic E-state index is 12.5. The second kappa shape index (κ2) is 7.37. The van der Waals surface area contributed by atoms with E-state index in [1.165, 1.54) is 4.90 Å². The van der Waals surface area contributed by atoms with Crippen LogP contribution in [-0.2, 0) is 23.1 Å². The van der Waals surface area contributed by atoms with Crippen molar-refractivity contribution in [2.24, 2.45) is 7.05 Å². The first kappa shape index (κ1) is 18.9. The van der Waals surface area contributed by atoms with Crippen molar-refractivity contribution in [3.05, 3.63) is 18.3 Å². The Labute approximate surface area is 156 Å². The highest BCUT2D eigenvalue weighted by Gasteiger charge is 2.36. The van der Waals surface area contributed by atoms with Gasteiger partial charge < -0.3 is 14.6 Å². The number of rotatable bonds is 4. The second-order valence-corrected chi connectivity index (χ2v) is 7.46. The van der Waals surface area contributed by atoms with E-state index >= 15 is 0 Å². The third-order valence-corrected chi connectivity index (χ3v) is 4.03. The van der Waals surface area contributed by atoms with Gasteiger partial charge in [0.1, 0.15) is 11.6 Å². The molecule has 1 N–H and O–H groups in total. The molecule has 1 atom stereocenters. The Morgan fingerprint density at radius 2 is 2.19 bits per heavy atom. The quantitative estimate of drug-likeness (QED) is 0.859. The highest BCUT2D eigenvalue weighted by atomic mass is 16.6. The molecule has 0 radical (unpaired) electrons. The van der Waals surface area contributed by atoms with E-state index in [2.05, 4.69) is 20.6 Å². The maximum Gasteiger partial charge on any atom is 0.410 e. The van der Waals surface area contributed by atoms with Crippen molar-refractivity contribution in [3.8, 4) is 11.4 Å². The molecule has 0 bridgehead atoms. The predicted octanol–water partition coefficient (Wildman–Crippen LogP) is 1.49. The zero-order chi connectivity index (χ0) is 19.6. The van der Waals surface area contributed by atoms with E-state index in [1.54, 1.807) is 44.9 Å². The first-order valence-electron chi connectivity index (χ1n) is 8.82. The van der Waals surface area contributed by atoms with Gasteiger partial charge in [-0.15, -0.1) is 0 Å². The van der Waals surface area contributed by atoms with E-state index in [4.69, 9.17) is 9.26 Å². The molecule has 1 saturated heterocycles. The first-order valence-corrected chi connectivity index (χ1v) is 8.82. The highest BCUT2D eigenvalue weighted by Crippen LogP contribution is 2.21. The normalized spacial score (nSPS) is 17.2. The fraction of sp³-hybridized carbons (Fsp3) is 0.588. The van der Waals surface area contributed by atoms with Gasteiger partial charge in [0.25, 0.3) is 0 Å². The summed E-state index contributed by atoms with van der Waals surface area (Å²) in [6, 6.07) is -0.555. The fourth-order valence-corrected chi connectivity index (χ4v) is 2.84. The second-order valence-electron chi connectivity index (χ2n) is 7.46. The zero-order valence-corrected chi connectivity index (χ0v) is 15.9. The number of hydrogen-bond donors (Lipinski definition) is 1. The van der Waals surface area contributed by atoms with Crippen molar-refractivity contribution in [1.29, 1.82) is 0 Å². The Kier molecular flexibility index (Phi) is 5.15. The molecule has 1 fully saturated rings. The van der Waals surface area contributed by atoms with E-state index < -0.39 is 17.7 Å². The molecule has 27 heavy (non-hydrogen) atoms. The van der Waals surface area contributed by atoms with Crippen molar-refractivity contribution in [1.82, 2.24) is 30.1 Å². The number of likely N-dealkylation sites (tertiary alicyclic amines) is 1. The van der Waals surface area contributed by atoms with Gasteiger partial charge in [0.2, 0.25) is 17.6 Å². The molecule has 0 saturated carbocycles. The van der Waals surface area contributed by atoms with Crippen molar-refractivity contribution in [2.75, 3.05) is 6.54 Å². The van der Waals surface area contributed by atoms with Gasteiger partial charge in [-0.05, 0) is 33.6 Å². The van der Waals surface area contributed by atoms with Crippen molar-refractivity contribution in [3.63, 3.8) is 0 Å². The van der Waals surface area contributed by atoms with Crippen LogP contribution in [0.5, 0.6) is 0 Å². The largest absolute Gasteiger partial charge is 0.444 e. The van der Waals surface area contributed by atoms with Gasteiger partial charge in [-0.1, -0.05) is 5.16 Å². The Bertz CT molecular complexity index is 822. The molecule has 0 aromatic carbocycles. The van der Waals surface area contributed by atoms with Gasteiger partial charge in [-0.2, -0.15) is 10.1 Å². The monoisotopic (exact) mass is 376 g/mol. The number of nitrogens with one attached hydrogen (secondary N) is 1. The molecule has 2 amide bonds. The molecular formula is C17H24N6O4. The minimum absolute atomic E-state index is 0.0880. The average molecular weight is 376 g/mol. The summed E-state index contributed by atoms with van der Waals surface area (Å²) >= 11 is 0. The summed E-state index contributed by atoms with van der Waals surface area (Å²) in [5, 5.41) is 10.7. The van der Waals surface area contributed by atoms with E-state index in [1.807, 2.05) is 0 Å². The van der Waals surface area contributed by atoms with Crippen LogP contribution in [0.25, 0.3) is 11.4 Å². The lowest BCUT2D eigenvalue weighted by Gasteiger charge is -2.27. The van der Waals surface area contributed by atoms with E-state index in [-0.39, 0.29) is 18.3 Å². The number of carbonyl (C=O) groups excluding carboxylic acids is 2. The number of aromatic nitrogens is 4. The molecular weight excluding hydrogens is 352 g/mol. The highest BCUT2D eigenvalue weighted by molar-refractivity contribution is 5.86. The van der Waals surface area contributed by atoms with Crippen LogP contribution in [0.4, 0.5) is 4.79 Å². The van der Waals surface area contributed by atoms with Crippen LogP contribution < -0.4 is 5.32 Å². The molecule has 2 aromatic rings. The summed E-state index contributed by atoms with van der Waals surface area (Å²) in [5.41, 5.74) is 0.124. The van der Waals surface area contributed by atoms with Crippen LogP contribution in [0.3, 0.4) is 0 Å². The molecule has 1 aliphatic heterocycles. The molecule has 3 heterocycles. The van der Waals surface area contributed by atoms with Crippen molar-refractivity contribution >= 4 is 12.0 Å². The molecule has 10 nitrogen and oxygen atoms in total. The lowest BCUT2D eigenvalue weighted by molar-refractivity contribution is -0.125. The summed E-state index contributed by atoms with van der Waals surface area (Å²) in [7, 11) is 1.79. The maximum absolute atomic E-state index is 12.5. The predicted molar refractivity (Wildman–Crippen MR) is 94.3 cm³/mol. The fourth-order valence-electron chi connectivity index (χ4n) is 2.84. The summed E-state index contributed by atoms with van der Waals surface area (Å²) in [6.45, 7) is 5.98. The third-order valence-electron chi connectivity index (χ3n) is 4.03. The number of aryl methyl sites for hydroxylation is 1. The number of hydrogen-bond acceptors (Lipinski definition) is 7. The Morgan fingerprint density at radius 3 is 2.85 bits per heavy atom. The molecule has 146 valence electrons. The SMILES string of the molecule is Cn1cc(-c2noc(CNC(=O)[C@H]3CCCN3C(=O)OC(C)(C)C)n2)cn1. The molecule has 0 unspecified atom stereocenters. The number of amides is 2. The van der Waals surface area contributed by atoms with E-state index in [0.29, 0.717) is 18.8 Å². The molecule has 10 heteroatoms.